The van der Waals surface area contributed by atoms with Crippen LogP contribution in [0.4, 0.5) is 0 Å². The topological polar surface area (TPSA) is 513 Å². The van der Waals surface area contributed by atoms with Gasteiger partial charge in [-0.2, -0.15) is 8.42 Å². The molecule has 32 N–H and O–H groups in total. The molecule has 2 rings (SSSR count). The lowest BCUT2D eigenvalue weighted by Gasteiger charge is -2.43. The first kappa shape index (κ1) is 50.9. The molecular formula is C12H46N8O14S. The molecular weight excluding hydrogens is 512 g/mol. The molecule has 0 aromatic rings. The van der Waals surface area contributed by atoms with E-state index in [-0.39, 0.29) is 49.2 Å². The molecule has 2 heterocycles. The Hall–Kier alpha value is -0.850. The second-order valence-electron chi connectivity index (χ2n) is 6.06. The molecule has 22 nitrogen and oxygen atoms in total. The Balaban J connectivity index is -0.000000196. The lowest BCUT2D eigenvalue weighted by atomic mass is 9.99. The number of ether oxygens (including phenoxy) is 3. The molecule has 0 radical (unpaired) electrons. The minimum atomic E-state index is -5.19. The quantitative estimate of drug-likeness (QED) is 0.131. The lowest BCUT2D eigenvalue weighted by Crippen LogP contribution is -2.63. The van der Waals surface area contributed by atoms with Gasteiger partial charge in [0, 0.05) is 0 Å². The Morgan fingerprint density at radius 3 is 1.54 bits per heavy atom. The number of aliphatic hydroxyl groups is 7. The molecule has 2 aliphatic heterocycles. The van der Waals surface area contributed by atoms with Crippen LogP contribution >= 0.6 is 0 Å². The van der Waals surface area contributed by atoms with Gasteiger partial charge >= 0.3 is 10.4 Å². The fraction of sp³-hybridized carbons (Fsp3) is 1.00. The molecule has 23 heteroatoms. The van der Waals surface area contributed by atoms with Crippen molar-refractivity contribution in [2.24, 2.45) is 0 Å². The van der Waals surface area contributed by atoms with E-state index in [1.807, 2.05) is 0 Å². The van der Waals surface area contributed by atoms with Crippen LogP contribution in [0, 0.1) is 0 Å². The molecule has 35 heavy (non-hydrogen) atoms. The molecule has 0 aliphatic carbocycles. The van der Waals surface area contributed by atoms with Crippen LogP contribution in [0.1, 0.15) is 0 Å². The molecule has 0 bridgehead atoms. The summed E-state index contributed by atoms with van der Waals surface area (Å²) in [4.78, 5) is 0. The van der Waals surface area contributed by atoms with Gasteiger partial charge in [0.1, 0.15) is 43.2 Å². The average Bonchev–Trinajstić information content (AvgIpc) is 2.86. The van der Waals surface area contributed by atoms with E-state index in [4.69, 9.17) is 23.9 Å². The van der Waals surface area contributed by atoms with E-state index in [9.17, 15) is 39.1 Å². The first-order valence-electron chi connectivity index (χ1n) is 7.71. The summed E-state index contributed by atoms with van der Waals surface area (Å²) < 4.78 is 50.7. The normalized spacial score (nSPS) is 35.4. The summed E-state index contributed by atoms with van der Waals surface area (Å²) in [5.74, 6) is -2.57. The summed E-state index contributed by atoms with van der Waals surface area (Å²) in [6.07, 6.45) is -14.4. The van der Waals surface area contributed by atoms with Gasteiger partial charge in [-0.15, -0.1) is 0 Å². The molecule has 0 unspecified atom stereocenters. The van der Waals surface area contributed by atoms with Crippen LogP contribution in [0.3, 0.4) is 0 Å². The maximum Gasteiger partial charge on any atom is 0.397 e. The fourth-order valence-electron chi connectivity index (χ4n) is 2.88. The van der Waals surface area contributed by atoms with Crippen LogP contribution in [0.25, 0.3) is 0 Å². The van der Waals surface area contributed by atoms with Gasteiger partial charge in [-0.1, -0.05) is 0 Å². The zero-order chi connectivity index (χ0) is 20.6. The molecule has 0 aromatic heterocycles. The molecule has 0 aromatic carbocycles. The van der Waals surface area contributed by atoms with Crippen LogP contribution in [0.5, 0.6) is 0 Å². The van der Waals surface area contributed by atoms with Crippen molar-refractivity contribution in [1.29, 1.82) is 0 Å². The van der Waals surface area contributed by atoms with Crippen LogP contribution in [-0.2, 0) is 28.8 Å². The molecule has 224 valence electrons. The number of hydrogen-bond acceptors (Lipinski definition) is 21. The van der Waals surface area contributed by atoms with Crippen molar-refractivity contribution < 1.29 is 67.1 Å². The first-order valence-corrected chi connectivity index (χ1v) is 9.07. The molecule has 2 fully saturated rings. The number of rotatable bonds is 7. The number of hydrogen-bond donors (Lipinski definition) is 16. The summed E-state index contributed by atoms with van der Waals surface area (Å²) in [6.45, 7) is -2.88. The summed E-state index contributed by atoms with van der Waals surface area (Å²) in [6, 6.07) is 0. The zero-order valence-electron chi connectivity index (χ0n) is 19.3. The number of aliphatic hydroxyl groups excluding tert-OH is 7. The molecule has 2 saturated heterocycles. The summed E-state index contributed by atoms with van der Waals surface area (Å²) in [7, 11) is -5.19. The van der Waals surface area contributed by atoms with Crippen molar-refractivity contribution in [3.63, 3.8) is 0 Å². The molecule has 9 atom stereocenters. The highest BCUT2D eigenvalue weighted by molar-refractivity contribution is 7.80. The van der Waals surface area contributed by atoms with Crippen LogP contribution in [0.15, 0.2) is 0 Å². The van der Waals surface area contributed by atoms with E-state index >= 15 is 0 Å². The highest BCUT2D eigenvalue weighted by atomic mass is 32.3. The minimum absolute atomic E-state index is 0. The predicted octanol–water partition coefficient (Wildman–Crippen LogP) is -4.27. The van der Waals surface area contributed by atoms with Gasteiger partial charge in [0.15, 0.2) is 12.4 Å². The van der Waals surface area contributed by atoms with E-state index in [2.05, 4.69) is 4.18 Å². The van der Waals surface area contributed by atoms with Crippen molar-refractivity contribution in [1.82, 2.24) is 49.2 Å². The van der Waals surface area contributed by atoms with E-state index in [0.717, 1.165) is 0 Å². The largest absolute Gasteiger partial charge is 0.397 e. The maximum atomic E-state index is 11.1. The van der Waals surface area contributed by atoms with Crippen molar-refractivity contribution in [3.8, 4) is 0 Å². The molecule has 0 amide bonds. The monoisotopic (exact) mass is 558 g/mol. The Morgan fingerprint density at radius 2 is 1.17 bits per heavy atom. The summed E-state index contributed by atoms with van der Waals surface area (Å²) >= 11 is 0. The standard InChI is InChI=1S/C12H22O14S.8H3N/c13-1-4-6(16)8(18)9(19)11(23-4)25-12(3-15)10(26-27(20,21)22)7(17)5(2-14)24-12;;;;;;;;/h4-11,13-19H,1-3H2,(H,20,21,22);8*1H3/t4-,5-,6-,7-,8+,9-,10+,11-,12+;;;;;;;;/m1......../s1. The predicted molar refractivity (Wildman–Crippen MR) is 119 cm³/mol. The average molecular weight is 559 g/mol. The molecule has 0 saturated carbocycles. The molecule has 0 spiro atoms. The third-order valence-corrected chi connectivity index (χ3v) is 4.72. The van der Waals surface area contributed by atoms with Gasteiger partial charge in [0.2, 0.25) is 5.79 Å². The fourth-order valence-corrected chi connectivity index (χ4v) is 3.40. The van der Waals surface area contributed by atoms with Crippen molar-refractivity contribution in [3.05, 3.63) is 0 Å². The Bertz CT molecular complexity index is 624. The zero-order valence-corrected chi connectivity index (χ0v) is 20.1. The SMILES string of the molecule is N.N.N.N.N.N.N.N.O=S(=O)(O)O[C@H]1[C@H](O)[C@@H](CO)O[C@@]1(CO)O[C@H]1O[C@H](CO)[C@@H](O)[C@H](O)[C@H]1O. The highest BCUT2D eigenvalue weighted by Crippen LogP contribution is 2.38. The van der Waals surface area contributed by atoms with Crippen LogP contribution in [-0.4, -0.2) is 123 Å². The Morgan fingerprint density at radius 1 is 0.714 bits per heavy atom. The second kappa shape index (κ2) is 19.3. The smallest absolute Gasteiger partial charge is 0.394 e. The van der Waals surface area contributed by atoms with Crippen molar-refractivity contribution in [2.45, 2.75) is 54.8 Å². The van der Waals surface area contributed by atoms with Gasteiger partial charge in [-0.05, 0) is 0 Å². The first-order chi connectivity index (χ1) is 12.5. The van der Waals surface area contributed by atoms with Gasteiger partial charge in [0.05, 0.1) is 13.2 Å². The van der Waals surface area contributed by atoms with Crippen molar-refractivity contribution >= 4 is 10.4 Å². The van der Waals surface area contributed by atoms with Gasteiger partial charge in [0.25, 0.3) is 0 Å². The van der Waals surface area contributed by atoms with E-state index in [1.165, 1.54) is 0 Å². The Labute approximate surface area is 202 Å². The van der Waals surface area contributed by atoms with Crippen LogP contribution in [0.2, 0.25) is 0 Å². The third-order valence-electron chi connectivity index (χ3n) is 4.27. The lowest BCUT2D eigenvalue weighted by molar-refractivity contribution is -0.382. The van der Waals surface area contributed by atoms with Gasteiger partial charge in [-0.3, -0.25) is 4.55 Å². The van der Waals surface area contributed by atoms with Crippen molar-refractivity contribution in [2.75, 3.05) is 19.8 Å². The van der Waals surface area contributed by atoms with E-state index in [0.29, 0.717) is 0 Å². The van der Waals surface area contributed by atoms with Crippen LogP contribution < -0.4 is 49.2 Å². The van der Waals surface area contributed by atoms with Gasteiger partial charge < -0.3 is 99.2 Å². The van der Waals surface area contributed by atoms with Gasteiger partial charge in [-0.25, -0.2) is 4.18 Å². The minimum Gasteiger partial charge on any atom is -0.394 e. The van der Waals surface area contributed by atoms with E-state index < -0.39 is 85.0 Å². The summed E-state index contributed by atoms with van der Waals surface area (Å²) in [5.41, 5.74) is 0. The maximum absolute atomic E-state index is 11.1. The highest BCUT2D eigenvalue weighted by Gasteiger charge is 2.61. The third kappa shape index (κ3) is 10.6. The molecule has 2 aliphatic rings. The second-order valence-corrected chi connectivity index (χ2v) is 7.11. The summed E-state index contributed by atoms with van der Waals surface area (Å²) in [5, 5.41) is 67.6. The van der Waals surface area contributed by atoms with E-state index in [1.54, 1.807) is 0 Å². The Kier molecular flexibility index (Phi) is 28.1.